The van der Waals surface area contributed by atoms with Crippen molar-refractivity contribution in [1.29, 1.82) is 0 Å². The molecule has 1 aliphatic carbocycles. The van der Waals surface area contributed by atoms with Gasteiger partial charge in [-0.05, 0) is 61.6 Å². The SMILES string of the molecule is COc1ccc(-c2cc(C(F)(F)F)c(NC3CC4CN(CC5CCOCC5)CC4C3)nn2)c(F)c1. The average molecular weight is 495 g/mol. The first-order valence-electron chi connectivity index (χ1n) is 12.2. The molecule has 190 valence electrons. The summed E-state index contributed by atoms with van der Waals surface area (Å²) in [7, 11) is 1.39. The van der Waals surface area contributed by atoms with Crippen LogP contribution >= 0.6 is 0 Å². The van der Waals surface area contributed by atoms with Crippen molar-refractivity contribution in [3.05, 3.63) is 35.6 Å². The van der Waals surface area contributed by atoms with Crippen LogP contribution in [-0.4, -0.2) is 61.1 Å². The lowest BCUT2D eigenvalue weighted by Crippen LogP contribution is -2.32. The quantitative estimate of drug-likeness (QED) is 0.579. The largest absolute Gasteiger partial charge is 0.497 e. The average Bonchev–Trinajstić information content (AvgIpc) is 3.37. The number of aromatic nitrogens is 2. The lowest BCUT2D eigenvalue weighted by Gasteiger charge is -2.28. The summed E-state index contributed by atoms with van der Waals surface area (Å²) in [5, 5.41) is 10.8. The Hall–Kier alpha value is -2.46. The highest BCUT2D eigenvalue weighted by atomic mass is 19.4. The van der Waals surface area contributed by atoms with Crippen LogP contribution in [0.4, 0.5) is 23.4 Å². The topological polar surface area (TPSA) is 59.5 Å². The predicted octanol–water partition coefficient (Wildman–Crippen LogP) is 4.86. The maximum atomic E-state index is 14.4. The number of methoxy groups -OCH3 is 1. The second-order valence-corrected chi connectivity index (χ2v) is 9.94. The third-order valence-corrected chi connectivity index (χ3v) is 7.58. The number of alkyl halides is 3. The maximum absolute atomic E-state index is 14.4. The van der Waals surface area contributed by atoms with E-state index in [1.54, 1.807) is 0 Å². The van der Waals surface area contributed by atoms with Crippen molar-refractivity contribution in [3.8, 4) is 17.0 Å². The molecule has 3 heterocycles. The van der Waals surface area contributed by atoms with Crippen molar-refractivity contribution >= 4 is 5.82 Å². The number of nitrogens with one attached hydrogen (secondary N) is 1. The Kier molecular flexibility index (Phi) is 6.85. The molecule has 2 atom stereocenters. The van der Waals surface area contributed by atoms with Gasteiger partial charge in [-0.3, -0.25) is 0 Å². The van der Waals surface area contributed by atoms with Crippen molar-refractivity contribution in [1.82, 2.24) is 15.1 Å². The second kappa shape index (κ2) is 9.89. The molecule has 1 N–H and O–H groups in total. The zero-order valence-corrected chi connectivity index (χ0v) is 19.7. The smallest absolute Gasteiger partial charge is 0.420 e. The van der Waals surface area contributed by atoms with Gasteiger partial charge in [-0.15, -0.1) is 10.2 Å². The van der Waals surface area contributed by atoms with Crippen molar-refractivity contribution in [2.24, 2.45) is 17.8 Å². The molecule has 2 aromatic rings. The first kappa shape index (κ1) is 24.2. The summed E-state index contributed by atoms with van der Waals surface area (Å²) in [4.78, 5) is 2.51. The molecule has 2 unspecified atom stereocenters. The van der Waals surface area contributed by atoms with E-state index in [9.17, 15) is 17.6 Å². The summed E-state index contributed by atoms with van der Waals surface area (Å²) in [5.41, 5.74) is -1.17. The summed E-state index contributed by atoms with van der Waals surface area (Å²) in [5.74, 6) is 0.882. The van der Waals surface area contributed by atoms with E-state index in [4.69, 9.17) is 9.47 Å². The molecule has 10 heteroatoms. The Morgan fingerprint density at radius 2 is 1.80 bits per heavy atom. The summed E-state index contributed by atoms with van der Waals surface area (Å²) >= 11 is 0. The number of anilines is 1. The standard InChI is InChI=1S/C25H30F4N4O2/c1-34-19-2-3-20(22(26)10-19)23-11-21(25(27,28)29)24(32-31-23)30-18-8-16-13-33(14-17(16)9-18)12-15-4-6-35-7-5-15/h2-3,10-11,15-18H,4-9,12-14H2,1H3,(H,30,32). The molecular weight excluding hydrogens is 464 g/mol. The molecule has 0 amide bonds. The number of ether oxygens (including phenoxy) is 2. The molecule has 5 rings (SSSR count). The van der Waals surface area contributed by atoms with Crippen LogP contribution in [0.2, 0.25) is 0 Å². The first-order chi connectivity index (χ1) is 16.8. The van der Waals surface area contributed by atoms with Gasteiger partial charge in [0.2, 0.25) is 0 Å². The molecule has 3 aliphatic rings. The summed E-state index contributed by atoms with van der Waals surface area (Å²) in [6.07, 6.45) is -0.826. The van der Waals surface area contributed by atoms with Gasteiger partial charge in [0.25, 0.3) is 0 Å². The molecule has 6 nitrogen and oxygen atoms in total. The molecule has 0 bridgehead atoms. The molecule has 0 spiro atoms. The number of fused-ring (bicyclic) bond motifs is 1. The third-order valence-electron chi connectivity index (χ3n) is 7.58. The van der Waals surface area contributed by atoms with E-state index in [0.29, 0.717) is 17.8 Å². The number of benzene rings is 1. The minimum atomic E-state index is -4.65. The maximum Gasteiger partial charge on any atom is 0.420 e. The zero-order valence-electron chi connectivity index (χ0n) is 19.7. The fourth-order valence-electron chi connectivity index (χ4n) is 5.83. The fourth-order valence-corrected chi connectivity index (χ4v) is 5.83. The van der Waals surface area contributed by atoms with E-state index < -0.39 is 17.6 Å². The van der Waals surface area contributed by atoms with Crippen LogP contribution in [-0.2, 0) is 10.9 Å². The third kappa shape index (κ3) is 5.38. The number of nitrogens with zero attached hydrogens (tertiary/aromatic N) is 3. The Bertz CT molecular complexity index is 1030. The minimum absolute atomic E-state index is 0.0598. The Morgan fingerprint density at radius 1 is 1.09 bits per heavy atom. The molecule has 1 saturated carbocycles. The first-order valence-corrected chi connectivity index (χ1v) is 12.2. The van der Waals surface area contributed by atoms with E-state index >= 15 is 0 Å². The van der Waals surface area contributed by atoms with E-state index in [-0.39, 0.29) is 28.9 Å². The van der Waals surface area contributed by atoms with E-state index in [2.05, 4.69) is 20.4 Å². The normalized spacial score (nSPS) is 25.6. The Labute approximate surface area is 202 Å². The van der Waals surface area contributed by atoms with Crippen LogP contribution in [0.25, 0.3) is 11.3 Å². The number of hydrogen-bond donors (Lipinski definition) is 1. The van der Waals surface area contributed by atoms with E-state index in [1.165, 1.54) is 19.2 Å². The lowest BCUT2D eigenvalue weighted by atomic mass is 10.00. The molecular formula is C25H30F4N4O2. The number of hydrogen-bond acceptors (Lipinski definition) is 6. The van der Waals surface area contributed by atoms with E-state index in [1.807, 2.05) is 0 Å². The van der Waals surface area contributed by atoms with Gasteiger partial charge in [0.1, 0.15) is 17.1 Å². The van der Waals surface area contributed by atoms with Gasteiger partial charge in [-0.25, -0.2) is 4.39 Å². The van der Waals surface area contributed by atoms with Gasteiger partial charge >= 0.3 is 6.18 Å². The highest BCUT2D eigenvalue weighted by Gasteiger charge is 2.43. The van der Waals surface area contributed by atoms with Crippen LogP contribution < -0.4 is 10.1 Å². The summed E-state index contributed by atoms with van der Waals surface area (Å²) < 4.78 is 66.6. The molecule has 0 radical (unpaired) electrons. The van der Waals surface area contributed by atoms with Crippen molar-refractivity contribution in [2.75, 3.05) is 45.3 Å². The summed E-state index contributed by atoms with van der Waals surface area (Å²) in [6.45, 7) is 4.75. The van der Waals surface area contributed by atoms with Crippen LogP contribution in [0, 0.1) is 23.6 Å². The van der Waals surface area contributed by atoms with Crippen LogP contribution in [0.1, 0.15) is 31.2 Å². The van der Waals surface area contributed by atoms with Crippen LogP contribution in [0.5, 0.6) is 5.75 Å². The highest BCUT2D eigenvalue weighted by molar-refractivity contribution is 5.64. The van der Waals surface area contributed by atoms with E-state index in [0.717, 1.165) is 70.7 Å². The van der Waals surface area contributed by atoms with Crippen LogP contribution in [0.15, 0.2) is 24.3 Å². The van der Waals surface area contributed by atoms with Gasteiger partial charge in [0.05, 0.1) is 12.8 Å². The number of rotatable bonds is 6. The molecule has 35 heavy (non-hydrogen) atoms. The fraction of sp³-hybridized carbons (Fsp3) is 0.600. The molecule has 2 saturated heterocycles. The Balaban J connectivity index is 1.26. The zero-order chi connectivity index (χ0) is 24.6. The minimum Gasteiger partial charge on any atom is -0.497 e. The lowest BCUT2D eigenvalue weighted by molar-refractivity contribution is -0.137. The molecule has 1 aromatic carbocycles. The van der Waals surface area contributed by atoms with Gasteiger partial charge in [0, 0.05) is 50.5 Å². The molecule has 3 fully saturated rings. The highest BCUT2D eigenvalue weighted by Crippen LogP contribution is 2.42. The van der Waals surface area contributed by atoms with Crippen molar-refractivity contribution < 1.29 is 27.0 Å². The molecule has 1 aromatic heterocycles. The van der Waals surface area contributed by atoms with Crippen LogP contribution in [0.3, 0.4) is 0 Å². The predicted molar refractivity (Wildman–Crippen MR) is 123 cm³/mol. The number of halogens is 4. The number of likely N-dealkylation sites (tertiary alicyclic amines) is 1. The van der Waals surface area contributed by atoms with Gasteiger partial charge in [-0.1, -0.05) is 0 Å². The molecule has 2 aliphatic heterocycles. The monoisotopic (exact) mass is 494 g/mol. The van der Waals surface area contributed by atoms with Gasteiger partial charge in [0.15, 0.2) is 5.82 Å². The van der Waals surface area contributed by atoms with Crippen molar-refractivity contribution in [3.63, 3.8) is 0 Å². The Morgan fingerprint density at radius 3 is 2.43 bits per heavy atom. The summed E-state index contributed by atoms with van der Waals surface area (Å²) in [6, 6.07) is 4.71. The van der Waals surface area contributed by atoms with Gasteiger partial charge in [-0.2, -0.15) is 13.2 Å². The second-order valence-electron chi connectivity index (χ2n) is 9.94. The van der Waals surface area contributed by atoms with Gasteiger partial charge < -0.3 is 19.7 Å². The van der Waals surface area contributed by atoms with Crippen molar-refractivity contribution in [2.45, 2.75) is 37.9 Å².